The van der Waals surface area contributed by atoms with Crippen molar-refractivity contribution in [3.8, 4) is 0 Å². The molecule has 5 nitrogen and oxygen atoms in total. The number of aromatic amines is 1. The highest BCUT2D eigenvalue weighted by molar-refractivity contribution is 7.92. The van der Waals surface area contributed by atoms with Gasteiger partial charge in [-0.3, -0.25) is 0 Å². The Labute approximate surface area is 55.4 Å². The average Bonchev–Trinajstić information content (AvgIpc) is 2.15. The van der Waals surface area contributed by atoms with Gasteiger partial charge in [0, 0.05) is 12.4 Å². The molecule has 50 valence electrons. The molecule has 3 N–H and O–H groups in total. The highest BCUT2D eigenvalue weighted by Crippen LogP contribution is 1.99. The smallest absolute Gasteiger partial charge is 0.228 e. The predicted octanol–water partition coefficient (Wildman–Crippen LogP) is -0.811. The average molecular weight is 147 g/mol. The number of nitrogens with zero attached hydrogens (tertiary/aromatic N) is 1. The second-order valence-electron chi connectivity index (χ2n) is 1.26. The third kappa shape index (κ3) is 2.02. The van der Waals surface area contributed by atoms with Crippen LogP contribution in [0.5, 0.6) is 0 Å². The second-order valence-corrected chi connectivity index (χ2v) is 2.20. The first-order valence-corrected chi connectivity index (χ1v) is 3.01. The summed E-state index contributed by atoms with van der Waals surface area (Å²) in [5, 5.41) is 18.6. The van der Waals surface area contributed by atoms with Crippen LogP contribution in [0.2, 0.25) is 0 Å². The quantitative estimate of drug-likeness (QED) is 0.377. The minimum absolute atomic E-state index is 0.405. The number of hydrogen-bond acceptors (Lipinski definition) is 4. The number of hydrogen-bond donors (Lipinski definition) is 3. The molecule has 0 aromatic carbocycles. The van der Waals surface area contributed by atoms with Crippen molar-refractivity contribution in [1.29, 1.82) is 0 Å². The van der Waals surface area contributed by atoms with E-state index in [1.54, 1.807) is 6.20 Å². The van der Waals surface area contributed by atoms with Gasteiger partial charge in [-0.25, -0.2) is 10.2 Å². The van der Waals surface area contributed by atoms with E-state index in [0.29, 0.717) is 17.1 Å². The summed E-state index contributed by atoms with van der Waals surface area (Å²) in [5.74, 6) is 0. The fourth-order valence-corrected chi connectivity index (χ4v) is 0.795. The molecule has 1 aromatic heterocycles. The van der Waals surface area contributed by atoms with Crippen LogP contribution in [0.3, 0.4) is 0 Å². The van der Waals surface area contributed by atoms with E-state index >= 15 is 0 Å². The van der Waals surface area contributed by atoms with Gasteiger partial charge in [0.05, 0.1) is 0 Å². The lowest BCUT2D eigenvalue weighted by Crippen LogP contribution is -2.97. The summed E-state index contributed by atoms with van der Waals surface area (Å²) in [6, 6.07) is 0. The van der Waals surface area contributed by atoms with E-state index < -0.39 is 4.63 Å². The van der Waals surface area contributed by atoms with Gasteiger partial charge in [-0.1, -0.05) is 0 Å². The van der Waals surface area contributed by atoms with E-state index in [2.05, 4.69) is 9.97 Å². The van der Waals surface area contributed by atoms with Gasteiger partial charge < -0.3 is 10.2 Å². The summed E-state index contributed by atoms with van der Waals surface area (Å²) in [6.07, 6.45) is 3.08. The van der Waals surface area contributed by atoms with Crippen molar-refractivity contribution >= 4 is 11.9 Å². The van der Waals surface area contributed by atoms with Crippen molar-refractivity contribution in [3.63, 3.8) is 0 Å². The molecule has 0 saturated heterocycles. The molecule has 0 aliphatic carbocycles. The molecule has 0 aliphatic heterocycles. The Morgan fingerprint density at radius 2 is 2.67 bits per heavy atom. The second kappa shape index (κ2) is 2.83. The summed E-state index contributed by atoms with van der Waals surface area (Å²) in [6.45, 7) is 0. The molecule has 9 heavy (non-hydrogen) atoms. The molecular formula is C3H5N3O2S. The van der Waals surface area contributed by atoms with E-state index in [0.717, 1.165) is 0 Å². The summed E-state index contributed by atoms with van der Waals surface area (Å²) >= 11 is 0.655. The number of quaternary nitrogens is 1. The first-order chi connectivity index (χ1) is 4.29. The summed E-state index contributed by atoms with van der Waals surface area (Å²) in [4.78, 5) is 6.32. The maximum Gasteiger partial charge on any atom is 0.228 e. The van der Waals surface area contributed by atoms with Crippen LogP contribution in [0.4, 0.5) is 0 Å². The normalized spacial score (nSPS) is 13.6. The number of nitrogens with one attached hydrogen (secondary N) is 2. The molecular weight excluding hydrogens is 142 g/mol. The van der Waals surface area contributed by atoms with Gasteiger partial charge >= 0.3 is 0 Å². The van der Waals surface area contributed by atoms with Gasteiger partial charge in [0.1, 0.15) is 0 Å². The molecule has 0 amide bonds. The van der Waals surface area contributed by atoms with Crippen LogP contribution < -0.4 is 4.63 Å². The Bertz CT molecular complexity index is 164. The van der Waals surface area contributed by atoms with Gasteiger partial charge in [-0.2, -0.15) is 4.63 Å². The molecule has 1 aromatic rings. The van der Waals surface area contributed by atoms with Crippen LogP contribution in [-0.4, -0.2) is 15.2 Å². The fourth-order valence-electron chi connectivity index (χ4n) is 0.389. The van der Waals surface area contributed by atoms with Crippen LogP contribution in [0.15, 0.2) is 17.6 Å². The first kappa shape index (κ1) is 6.56. The van der Waals surface area contributed by atoms with Gasteiger partial charge in [-0.05, 0) is 0 Å². The highest BCUT2D eigenvalue weighted by Gasteiger charge is 1.99. The first-order valence-electron chi connectivity index (χ1n) is 2.19. The number of aromatic nitrogens is 2. The molecule has 1 atom stereocenters. The molecule has 6 heteroatoms. The van der Waals surface area contributed by atoms with E-state index in [4.69, 9.17) is 5.21 Å². The zero-order valence-corrected chi connectivity index (χ0v) is 5.18. The molecule has 0 bridgehead atoms. The van der Waals surface area contributed by atoms with E-state index in [1.807, 2.05) is 0 Å². The predicted molar refractivity (Wildman–Crippen MR) is 30.6 cm³/mol. The minimum Gasteiger partial charge on any atom is -0.588 e. The lowest BCUT2D eigenvalue weighted by Gasteiger charge is -2.04. The Morgan fingerprint density at radius 3 is 3.11 bits per heavy atom. The number of imidazole rings is 1. The van der Waals surface area contributed by atoms with Crippen LogP contribution in [0.1, 0.15) is 0 Å². The molecule has 0 spiro atoms. The van der Waals surface area contributed by atoms with Gasteiger partial charge in [0.2, 0.25) is 5.16 Å². The zero-order chi connectivity index (χ0) is 6.69. The molecule has 0 fully saturated rings. The molecule has 0 radical (unpaired) electrons. The standard InChI is InChI=1S/C3H5N3O2S/c7-6(8)9-3-4-1-2-5-3/h1-2,6-7H,(H,4,5). The van der Waals surface area contributed by atoms with Crippen molar-refractivity contribution in [2.75, 3.05) is 0 Å². The molecule has 1 unspecified atom stereocenters. The summed E-state index contributed by atoms with van der Waals surface area (Å²) in [7, 11) is 0. The van der Waals surface area contributed by atoms with Crippen LogP contribution >= 0.6 is 11.9 Å². The van der Waals surface area contributed by atoms with Crippen molar-refractivity contribution < 1.29 is 9.84 Å². The van der Waals surface area contributed by atoms with Crippen LogP contribution in [-0.2, 0) is 0 Å². The minimum atomic E-state index is -0.954. The van der Waals surface area contributed by atoms with Crippen molar-refractivity contribution in [2.24, 2.45) is 0 Å². The largest absolute Gasteiger partial charge is 0.588 e. The number of H-pyrrole nitrogens is 1. The van der Waals surface area contributed by atoms with Crippen molar-refractivity contribution in [3.05, 3.63) is 17.6 Å². The molecule has 0 saturated carbocycles. The van der Waals surface area contributed by atoms with Crippen molar-refractivity contribution in [2.45, 2.75) is 5.16 Å². The van der Waals surface area contributed by atoms with E-state index in [9.17, 15) is 5.21 Å². The topological polar surface area (TPSA) is 76.4 Å². The lowest BCUT2D eigenvalue weighted by molar-refractivity contribution is -0.926. The van der Waals surface area contributed by atoms with E-state index in [-0.39, 0.29) is 0 Å². The summed E-state index contributed by atoms with van der Waals surface area (Å²) < 4.78 is -0.954. The monoisotopic (exact) mass is 147 g/mol. The lowest BCUT2D eigenvalue weighted by atomic mass is 11.0. The third-order valence-electron chi connectivity index (χ3n) is 0.657. The zero-order valence-electron chi connectivity index (χ0n) is 4.37. The van der Waals surface area contributed by atoms with Crippen LogP contribution in [0.25, 0.3) is 0 Å². The summed E-state index contributed by atoms with van der Waals surface area (Å²) in [5.41, 5.74) is 0. The van der Waals surface area contributed by atoms with Crippen LogP contribution in [0, 0.1) is 5.21 Å². The van der Waals surface area contributed by atoms with Gasteiger partial charge in [-0.15, -0.1) is 0 Å². The highest BCUT2D eigenvalue weighted by atomic mass is 32.2. The maximum absolute atomic E-state index is 9.97. The number of rotatable bonds is 2. The Kier molecular flexibility index (Phi) is 2.06. The fraction of sp³-hybridized carbons (Fsp3) is 0. The van der Waals surface area contributed by atoms with E-state index in [1.165, 1.54) is 6.20 Å². The van der Waals surface area contributed by atoms with Gasteiger partial charge in [0.15, 0.2) is 11.9 Å². The third-order valence-corrected chi connectivity index (χ3v) is 1.25. The van der Waals surface area contributed by atoms with Gasteiger partial charge in [0.25, 0.3) is 0 Å². The molecule has 0 aliphatic rings. The maximum atomic E-state index is 9.97. The molecule has 1 rings (SSSR count). The SMILES string of the molecule is [O-][NH+](O)Sc1ncc[nH]1. The Morgan fingerprint density at radius 1 is 1.89 bits per heavy atom. The Balaban J connectivity index is 2.48. The Hall–Kier alpha value is -0.560. The van der Waals surface area contributed by atoms with Crippen molar-refractivity contribution in [1.82, 2.24) is 9.97 Å². The molecule has 1 heterocycles.